The number of aryl methyl sites for hydroxylation is 2. The molecule has 1 atom stereocenters. The van der Waals surface area contributed by atoms with E-state index in [0.717, 1.165) is 10.0 Å². The molecule has 7 nitrogen and oxygen atoms in total. The van der Waals surface area contributed by atoms with Crippen LogP contribution in [0.2, 0.25) is 0 Å². The predicted octanol–water partition coefficient (Wildman–Crippen LogP) is 5.23. The molecule has 0 radical (unpaired) electrons. The number of aromatic nitrogens is 3. The van der Waals surface area contributed by atoms with Crippen LogP contribution in [-0.4, -0.2) is 40.6 Å². The van der Waals surface area contributed by atoms with E-state index in [9.17, 15) is 17.6 Å². The smallest absolute Gasteiger partial charge is 0.256 e. The number of carbonyl (C=O) groups is 1. The second-order valence-corrected chi connectivity index (χ2v) is 11.8. The number of sulfone groups is 1. The second-order valence-electron chi connectivity index (χ2n) is 8.77. The molecule has 180 valence electrons. The minimum Gasteiger partial charge on any atom is -0.322 e. The Morgan fingerprint density at radius 2 is 1.89 bits per heavy atom. The minimum atomic E-state index is -3.16. The maximum absolute atomic E-state index is 13.6. The molecule has 1 fully saturated rings. The first-order valence-corrected chi connectivity index (χ1v) is 13.7. The summed E-state index contributed by atoms with van der Waals surface area (Å²) in [6, 6.07) is 12.7. The zero-order chi connectivity index (χ0) is 24.9. The second kappa shape index (κ2) is 8.83. The fraction of sp³-hybridized carbons (Fsp3) is 0.240. The number of benzene rings is 2. The summed E-state index contributed by atoms with van der Waals surface area (Å²) in [6.45, 7) is 3.71. The number of pyridine rings is 1. The van der Waals surface area contributed by atoms with Gasteiger partial charge in [0.2, 0.25) is 0 Å². The largest absolute Gasteiger partial charge is 0.322 e. The third kappa shape index (κ3) is 4.60. The van der Waals surface area contributed by atoms with Crippen LogP contribution in [0.1, 0.15) is 34.1 Å². The molecular weight excluding hydrogens is 535 g/mol. The van der Waals surface area contributed by atoms with Crippen molar-refractivity contribution in [3.8, 4) is 11.3 Å². The Morgan fingerprint density at radius 1 is 1.14 bits per heavy atom. The molecule has 0 spiro atoms. The molecule has 0 aliphatic carbocycles. The summed E-state index contributed by atoms with van der Waals surface area (Å²) in [4.78, 5) is 18.3. The van der Waals surface area contributed by atoms with Gasteiger partial charge in [-0.05, 0) is 74.4 Å². The van der Waals surface area contributed by atoms with E-state index in [1.54, 1.807) is 35.9 Å². The zero-order valence-electron chi connectivity index (χ0n) is 19.0. The summed E-state index contributed by atoms with van der Waals surface area (Å²) >= 11 is 3.46. The van der Waals surface area contributed by atoms with Gasteiger partial charge in [-0.25, -0.2) is 22.5 Å². The normalized spacial score (nSPS) is 17.1. The van der Waals surface area contributed by atoms with Gasteiger partial charge in [0.1, 0.15) is 5.82 Å². The number of nitrogens with one attached hydrogen (secondary N) is 1. The topological polar surface area (TPSA) is 93.9 Å². The van der Waals surface area contributed by atoms with Crippen LogP contribution in [0.15, 0.2) is 53.0 Å². The molecule has 35 heavy (non-hydrogen) atoms. The van der Waals surface area contributed by atoms with Gasteiger partial charge in [-0.15, -0.1) is 0 Å². The Morgan fingerprint density at radius 3 is 2.54 bits per heavy atom. The fourth-order valence-corrected chi connectivity index (χ4v) is 6.34. The third-order valence-electron chi connectivity index (χ3n) is 6.19. The highest BCUT2D eigenvalue weighted by molar-refractivity contribution is 9.10. The summed E-state index contributed by atoms with van der Waals surface area (Å²) in [5.41, 5.74) is 4.09. The molecule has 10 heteroatoms. The molecule has 1 saturated heterocycles. The van der Waals surface area contributed by atoms with Crippen molar-refractivity contribution < 1.29 is 17.6 Å². The number of rotatable bonds is 4. The van der Waals surface area contributed by atoms with Gasteiger partial charge in [-0.3, -0.25) is 4.79 Å². The summed E-state index contributed by atoms with van der Waals surface area (Å²) in [5.74, 6) is -0.656. The number of amides is 1. The van der Waals surface area contributed by atoms with Gasteiger partial charge >= 0.3 is 0 Å². The van der Waals surface area contributed by atoms with E-state index in [1.807, 2.05) is 19.1 Å². The third-order valence-corrected chi connectivity index (χ3v) is 8.83. The van der Waals surface area contributed by atoms with Crippen molar-refractivity contribution in [1.29, 1.82) is 0 Å². The van der Waals surface area contributed by atoms with Crippen LogP contribution in [-0.2, 0) is 9.84 Å². The van der Waals surface area contributed by atoms with E-state index in [2.05, 4.69) is 26.3 Å². The van der Waals surface area contributed by atoms with Crippen molar-refractivity contribution in [2.75, 3.05) is 16.8 Å². The summed E-state index contributed by atoms with van der Waals surface area (Å²) in [5, 5.41) is 8.11. The predicted molar refractivity (Wildman–Crippen MR) is 137 cm³/mol. The number of anilines is 1. The molecule has 1 N–H and O–H groups in total. The molecule has 0 saturated carbocycles. The monoisotopic (exact) mass is 556 g/mol. The van der Waals surface area contributed by atoms with Crippen molar-refractivity contribution >= 4 is 48.4 Å². The average Bonchev–Trinajstić information content (AvgIpc) is 3.35. The first-order valence-electron chi connectivity index (χ1n) is 11.0. The first kappa shape index (κ1) is 23.6. The summed E-state index contributed by atoms with van der Waals surface area (Å²) in [7, 11) is -3.16. The van der Waals surface area contributed by atoms with Gasteiger partial charge in [0.15, 0.2) is 15.5 Å². The van der Waals surface area contributed by atoms with Gasteiger partial charge in [0, 0.05) is 15.7 Å². The number of hydrogen-bond donors (Lipinski definition) is 1. The van der Waals surface area contributed by atoms with E-state index in [0.29, 0.717) is 45.7 Å². The van der Waals surface area contributed by atoms with Gasteiger partial charge in [-0.2, -0.15) is 5.10 Å². The van der Waals surface area contributed by atoms with E-state index < -0.39 is 9.84 Å². The standard InChI is InChI=1S/C25H22BrFN4O3S/c1-14-11-18(7-8-21(14)26)28-25(32)20-12-22(16-3-5-17(27)6-4-16)29-24-23(20)15(2)30-31(24)19-9-10-35(33,34)13-19/h3-8,11-12,19H,9-10,13H2,1-2H3,(H,28,32). The van der Waals surface area contributed by atoms with E-state index in [1.165, 1.54) is 12.1 Å². The highest BCUT2D eigenvalue weighted by atomic mass is 79.9. The van der Waals surface area contributed by atoms with Crippen LogP contribution >= 0.6 is 15.9 Å². The number of halogens is 2. The number of carbonyl (C=O) groups excluding carboxylic acids is 1. The molecular formula is C25H22BrFN4O3S. The molecule has 2 aromatic carbocycles. The maximum Gasteiger partial charge on any atom is 0.256 e. The SMILES string of the molecule is Cc1cc(NC(=O)c2cc(-c3ccc(F)cc3)nc3c2c(C)nn3C2CCS(=O)(=O)C2)ccc1Br. The number of hydrogen-bond acceptors (Lipinski definition) is 5. The van der Waals surface area contributed by atoms with E-state index >= 15 is 0 Å². The van der Waals surface area contributed by atoms with E-state index in [4.69, 9.17) is 4.98 Å². The van der Waals surface area contributed by atoms with Crippen LogP contribution in [0.5, 0.6) is 0 Å². The van der Waals surface area contributed by atoms with Gasteiger partial charge in [-0.1, -0.05) is 15.9 Å². The highest BCUT2D eigenvalue weighted by Crippen LogP contribution is 2.32. The molecule has 5 rings (SSSR count). The number of nitrogens with zero attached hydrogens (tertiary/aromatic N) is 3. The molecule has 0 bridgehead atoms. The van der Waals surface area contributed by atoms with Crippen LogP contribution < -0.4 is 5.32 Å². The lowest BCUT2D eigenvalue weighted by molar-refractivity contribution is 0.102. The molecule has 1 amide bonds. The highest BCUT2D eigenvalue weighted by Gasteiger charge is 2.32. The number of fused-ring (bicyclic) bond motifs is 1. The van der Waals surface area contributed by atoms with Crippen molar-refractivity contribution in [3.63, 3.8) is 0 Å². The van der Waals surface area contributed by atoms with Gasteiger partial charge in [0.05, 0.1) is 39.9 Å². The molecule has 2 aromatic heterocycles. The van der Waals surface area contributed by atoms with Crippen LogP contribution in [0.3, 0.4) is 0 Å². The van der Waals surface area contributed by atoms with Crippen molar-refractivity contribution in [2.24, 2.45) is 0 Å². The van der Waals surface area contributed by atoms with Crippen LogP contribution in [0.25, 0.3) is 22.3 Å². The Kier molecular flexibility index (Phi) is 5.96. The molecule has 3 heterocycles. The van der Waals surface area contributed by atoms with Crippen LogP contribution in [0.4, 0.5) is 10.1 Å². The lowest BCUT2D eigenvalue weighted by Gasteiger charge is -2.13. The van der Waals surface area contributed by atoms with Crippen LogP contribution in [0, 0.1) is 19.7 Å². The summed E-state index contributed by atoms with van der Waals surface area (Å²) < 4.78 is 40.4. The molecule has 1 aliphatic rings. The Labute approximate surface area is 210 Å². The maximum atomic E-state index is 13.6. The molecule has 1 unspecified atom stereocenters. The molecule has 1 aliphatic heterocycles. The average molecular weight is 557 g/mol. The quantitative estimate of drug-likeness (QED) is 0.371. The first-order chi connectivity index (χ1) is 16.6. The zero-order valence-corrected chi connectivity index (χ0v) is 21.5. The Balaban J connectivity index is 1.67. The van der Waals surface area contributed by atoms with E-state index in [-0.39, 0.29) is 29.3 Å². The molecule has 4 aromatic rings. The van der Waals surface area contributed by atoms with Gasteiger partial charge in [0.25, 0.3) is 5.91 Å². The van der Waals surface area contributed by atoms with Gasteiger partial charge < -0.3 is 5.32 Å². The lowest BCUT2D eigenvalue weighted by atomic mass is 10.0. The summed E-state index contributed by atoms with van der Waals surface area (Å²) in [6.07, 6.45) is 0.431. The Hall–Kier alpha value is -3.11. The van der Waals surface area contributed by atoms with Crippen molar-refractivity contribution in [3.05, 3.63) is 75.6 Å². The Bertz CT molecular complexity index is 1580. The van der Waals surface area contributed by atoms with Crippen molar-refractivity contribution in [2.45, 2.75) is 26.3 Å². The van der Waals surface area contributed by atoms with Crippen molar-refractivity contribution in [1.82, 2.24) is 14.8 Å². The fourth-order valence-electron chi connectivity index (χ4n) is 4.40. The lowest BCUT2D eigenvalue weighted by Crippen LogP contribution is -2.15. The minimum absolute atomic E-state index is 0.0224.